The topological polar surface area (TPSA) is 43.8 Å². The van der Waals surface area contributed by atoms with Gasteiger partial charge in [0.2, 0.25) is 0 Å². The molecule has 0 aliphatic heterocycles. The molecule has 0 spiro atoms. The van der Waals surface area contributed by atoms with E-state index in [-0.39, 0.29) is 5.41 Å². The molecule has 1 aromatic rings. The van der Waals surface area contributed by atoms with Crippen molar-refractivity contribution in [3.8, 4) is 0 Å². The Bertz CT molecular complexity index is 324. The van der Waals surface area contributed by atoms with E-state index in [2.05, 4.69) is 32.8 Å². The van der Waals surface area contributed by atoms with Crippen molar-refractivity contribution in [2.24, 2.45) is 7.05 Å². The molecule has 3 heteroatoms. The molecule has 0 saturated heterocycles. The lowest BCUT2D eigenvalue weighted by Gasteiger charge is -2.21. The summed E-state index contributed by atoms with van der Waals surface area (Å²) in [5.74, 6) is 0.809. The van der Waals surface area contributed by atoms with E-state index in [0.29, 0.717) is 0 Å². The number of nitrogens with two attached hydrogens (primary N) is 1. The zero-order valence-corrected chi connectivity index (χ0v) is 9.89. The standard InChI is InChI=1S/C11H21N3/c1-6-8-9(11(3,4)7-2)13-14(5)10(8)12/h6-7,12H2,1-5H3. The number of anilines is 1. The molecule has 0 unspecified atom stereocenters. The van der Waals surface area contributed by atoms with Crippen molar-refractivity contribution < 1.29 is 0 Å². The lowest BCUT2D eigenvalue weighted by molar-refractivity contribution is 0.478. The van der Waals surface area contributed by atoms with Gasteiger partial charge in [-0.15, -0.1) is 0 Å². The van der Waals surface area contributed by atoms with Crippen molar-refractivity contribution in [2.45, 2.75) is 46.0 Å². The molecule has 1 rings (SSSR count). The van der Waals surface area contributed by atoms with Crippen LogP contribution in [-0.2, 0) is 18.9 Å². The highest BCUT2D eigenvalue weighted by Gasteiger charge is 2.26. The highest BCUT2D eigenvalue weighted by atomic mass is 15.3. The Hall–Kier alpha value is -0.990. The highest BCUT2D eigenvalue weighted by molar-refractivity contribution is 5.45. The molecule has 0 fully saturated rings. The van der Waals surface area contributed by atoms with Gasteiger partial charge in [-0.25, -0.2) is 0 Å². The number of nitrogen functional groups attached to an aromatic ring is 1. The third-order valence-electron chi connectivity index (χ3n) is 3.07. The summed E-state index contributed by atoms with van der Waals surface area (Å²) in [5, 5.41) is 4.52. The van der Waals surface area contributed by atoms with E-state index in [4.69, 9.17) is 5.73 Å². The number of hydrogen-bond donors (Lipinski definition) is 1. The van der Waals surface area contributed by atoms with Gasteiger partial charge in [0.1, 0.15) is 5.82 Å². The van der Waals surface area contributed by atoms with Gasteiger partial charge in [0.25, 0.3) is 0 Å². The first kappa shape index (κ1) is 11.1. The molecule has 0 aliphatic carbocycles. The number of nitrogens with zero attached hydrogens (tertiary/aromatic N) is 2. The van der Waals surface area contributed by atoms with Crippen molar-refractivity contribution in [2.75, 3.05) is 5.73 Å². The summed E-state index contributed by atoms with van der Waals surface area (Å²) in [7, 11) is 1.91. The van der Waals surface area contributed by atoms with Crippen LogP contribution in [0.25, 0.3) is 0 Å². The molecule has 0 saturated carbocycles. The maximum Gasteiger partial charge on any atom is 0.124 e. The zero-order chi connectivity index (χ0) is 10.9. The molecule has 0 aliphatic rings. The second-order valence-corrected chi connectivity index (χ2v) is 4.43. The third-order valence-corrected chi connectivity index (χ3v) is 3.07. The Morgan fingerprint density at radius 3 is 2.36 bits per heavy atom. The van der Waals surface area contributed by atoms with E-state index in [9.17, 15) is 0 Å². The molecule has 0 bridgehead atoms. The van der Waals surface area contributed by atoms with Crippen LogP contribution in [0.1, 0.15) is 45.4 Å². The van der Waals surface area contributed by atoms with Crippen molar-refractivity contribution in [1.82, 2.24) is 9.78 Å². The highest BCUT2D eigenvalue weighted by Crippen LogP contribution is 2.31. The van der Waals surface area contributed by atoms with E-state index >= 15 is 0 Å². The Balaban J connectivity index is 3.27. The summed E-state index contributed by atoms with van der Waals surface area (Å²) in [4.78, 5) is 0. The van der Waals surface area contributed by atoms with Crippen LogP contribution in [0.3, 0.4) is 0 Å². The van der Waals surface area contributed by atoms with Gasteiger partial charge in [0.15, 0.2) is 0 Å². The molecular weight excluding hydrogens is 174 g/mol. The molecule has 2 N–H and O–H groups in total. The molecule has 1 aromatic heterocycles. The summed E-state index contributed by atoms with van der Waals surface area (Å²) in [5.41, 5.74) is 8.45. The van der Waals surface area contributed by atoms with Crippen LogP contribution in [-0.4, -0.2) is 9.78 Å². The molecule has 0 radical (unpaired) electrons. The lowest BCUT2D eigenvalue weighted by atomic mass is 9.84. The summed E-state index contributed by atoms with van der Waals surface area (Å²) in [6.45, 7) is 8.74. The minimum Gasteiger partial charge on any atom is -0.384 e. The van der Waals surface area contributed by atoms with Gasteiger partial charge in [-0.05, 0) is 12.8 Å². The van der Waals surface area contributed by atoms with Gasteiger partial charge in [0.05, 0.1) is 5.69 Å². The Kier molecular flexibility index (Phi) is 2.88. The number of rotatable bonds is 3. The SMILES string of the molecule is CCc1c(C(C)(C)CC)nn(C)c1N. The van der Waals surface area contributed by atoms with Crippen molar-refractivity contribution in [3.05, 3.63) is 11.3 Å². The van der Waals surface area contributed by atoms with Crippen molar-refractivity contribution in [3.63, 3.8) is 0 Å². The molecule has 1 heterocycles. The maximum atomic E-state index is 5.97. The number of aromatic nitrogens is 2. The largest absolute Gasteiger partial charge is 0.384 e. The first-order valence-electron chi connectivity index (χ1n) is 5.25. The van der Waals surface area contributed by atoms with Crippen molar-refractivity contribution in [1.29, 1.82) is 0 Å². The van der Waals surface area contributed by atoms with Crippen LogP contribution in [0, 0.1) is 0 Å². The van der Waals surface area contributed by atoms with E-state index in [1.165, 1.54) is 5.56 Å². The Labute approximate surface area is 86.3 Å². The summed E-state index contributed by atoms with van der Waals surface area (Å²) < 4.78 is 1.78. The molecule has 0 atom stereocenters. The van der Waals surface area contributed by atoms with Gasteiger partial charge in [0, 0.05) is 18.0 Å². The normalized spacial score (nSPS) is 12.1. The molecule has 0 amide bonds. The molecule has 0 aromatic carbocycles. The van der Waals surface area contributed by atoms with Gasteiger partial charge >= 0.3 is 0 Å². The minimum atomic E-state index is 0.126. The minimum absolute atomic E-state index is 0.126. The monoisotopic (exact) mass is 195 g/mol. The summed E-state index contributed by atoms with van der Waals surface area (Å²) in [6.07, 6.45) is 2.04. The third kappa shape index (κ3) is 1.63. The van der Waals surface area contributed by atoms with Gasteiger partial charge in [-0.1, -0.05) is 27.7 Å². The van der Waals surface area contributed by atoms with Crippen LogP contribution in [0.2, 0.25) is 0 Å². The van der Waals surface area contributed by atoms with E-state index in [1.807, 2.05) is 7.05 Å². The Morgan fingerprint density at radius 2 is 1.93 bits per heavy atom. The van der Waals surface area contributed by atoms with Crippen LogP contribution >= 0.6 is 0 Å². The fraction of sp³-hybridized carbons (Fsp3) is 0.727. The average molecular weight is 195 g/mol. The fourth-order valence-electron chi connectivity index (χ4n) is 1.64. The number of hydrogen-bond acceptors (Lipinski definition) is 2. The quantitative estimate of drug-likeness (QED) is 0.804. The predicted octanol–water partition coefficient (Wildman–Crippen LogP) is 2.25. The van der Waals surface area contributed by atoms with Gasteiger partial charge in [-0.2, -0.15) is 5.10 Å². The van der Waals surface area contributed by atoms with Crippen LogP contribution in [0.4, 0.5) is 5.82 Å². The van der Waals surface area contributed by atoms with Crippen LogP contribution in [0.5, 0.6) is 0 Å². The summed E-state index contributed by atoms with van der Waals surface area (Å²) >= 11 is 0. The van der Waals surface area contributed by atoms with E-state index < -0.39 is 0 Å². The Morgan fingerprint density at radius 1 is 1.36 bits per heavy atom. The van der Waals surface area contributed by atoms with Gasteiger partial charge < -0.3 is 5.73 Å². The van der Waals surface area contributed by atoms with E-state index in [1.54, 1.807) is 4.68 Å². The fourth-order valence-corrected chi connectivity index (χ4v) is 1.64. The number of aryl methyl sites for hydroxylation is 1. The summed E-state index contributed by atoms with van der Waals surface area (Å²) in [6, 6.07) is 0. The van der Waals surface area contributed by atoms with Crippen molar-refractivity contribution >= 4 is 5.82 Å². The first-order chi connectivity index (χ1) is 6.44. The zero-order valence-electron chi connectivity index (χ0n) is 9.89. The predicted molar refractivity (Wildman–Crippen MR) is 60.3 cm³/mol. The molecule has 80 valence electrons. The van der Waals surface area contributed by atoms with Crippen LogP contribution < -0.4 is 5.73 Å². The average Bonchev–Trinajstić information content (AvgIpc) is 2.44. The molecule has 14 heavy (non-hydrogen) atoms. The second kappa shape index (κ2) is 3.64. The maximum absolute atomic E-state index is 5.97. The molecular formula is C11H21N3. The van der Waals surface area contributed by atoms with Gasteiger partial charge in [-0.3, -0.25) is 4.68 Å². The smallest absolute Gasteiger partial charge is 0.124 e. The van der Waals surface area contributed by atoms with E-state index in [0.717, 1.165) is 24.4 Å². The van der Waals surface area contributed by atoms with Crippen LogP contribution in [0.15, 0.2) is 0 Å². The lowest BCUT2D eigenvalue weighted by Crippen LogP contribution is -2.18. The first-order valence-corrected chi connectivity index (χ1v) is 5.25. The second-order valence-electron chi connectivity index (χ2n) is 4.43. The molecule has 3 nitrogen and oxygen atoms in total.